The number of carbonyl (C=O) groups is 1. The molecule has 1 aromatic heterocycles. The molecule has 6 heteroatoms. The lowest BCUT2D eigenvalue weighted by molar-refractivity contribution is 0.0754. The van der Waals surface area contributed by atoms with Crippen LogP contribution < -0.4 is 5.32 Å². The van der Waals surface area contributed by atoms with Crippen molar-refractivity contribution < 1.29 is 4.79 Å². The van der Waals surface area contributed by atoms with Gasteiger partial charge in [0, 0.05) is 19.6 Å². The molecule has 1 fully saturated rings. The van der Waals surface area contributed by atoms with Crippen molar-refractivity contribution in [2.75, 3.05) is 25.0 Å². The molecule has 1 saturated heterocycles. The Morgan fingerprint density at radius 3 is 2.76 bits per heavy atom. The van der Waals surface area contributed by atoms with E-state index in [0.717, 1.165) is 37.6 Å². The maximum Gasteiger partial charge on any atom is 0.284 e. The van der Waals surface area contributed by atoms with E-state index < -0.39 is 0 Å². The third kappa shape index (κ3) is 4.15. The van der Waals surface area contributed by atoms with Gasteiger partial charge in [0.1, 0.15) is 0 Å². The fourth-order valence-corrected chi connectivity index (χ4v) is 3.61. The van der Waals surface area contributed by atoms with Crippen LogP contribution in [0.25, 0.3) is 0 Å². The van der Waals surface area contributed by atoms with E-state index in [1.54, 1.807) is 0 Å². The zero-order chi connectivity index (χ0) is 15.5. The van der Waals surface area contributed by atoms with Crippen LogP contribution in [0, 0.1) is 11.3 Å². The summed E-state index contributed by atoms with van der Waals surface area (Å²) in [6.45, 7) is 11.3. The maximum atomic E-state index is 12.5. The number of hydrogen-bond donors (Lipinski definition) is 1. The van der Waals surface area contributed by atoms with Crippen LogP contribution in [-0.2, 0) is 0 Å². The molecule has 1 atom stereocenters. The van der Waals surface area contributed by atoms with Gasteiger partial charge in [-0.1, -0.05) is 32.1 Å². The molecular formula is C15H26N4OS. The number of anilines is 1. The van der Waals surface area contributed by atoms with Crippen LogP contribution in [0.1, 0.15) is 56.8 Å². The second-order valence-corrected chi connectivity index (χ2v) is 7.71. The van der Waals surface area contributed by atoms with Gasteiger partial charge in [0.25, 0.3) is 5.91 Å². The number of rotatable bonds is 3. The molecule has 0 radical (unpaired) electrons. The van der Waals surface area contributed by atoms with Gasteiger partial charge in [-0.3, -0.25) is 4.79 Å². The van der Waals surface area contributed by atoms with Gasteiger partial charge in [0.2, 0.25) is 10.1 Å². The van der Waals surface area contributed by atoms with E-state index in [-0.39, 0.29) is 5.91 Å². The highest BCUT2D eigenvalue weighted by atomic mass is 32.1. The Kier molecular flexibility index (Phi) is 5.19. The largest absolute Gasteiger partial charge is 0.360 e. The zero-order valence-corrected chi connectivity index (χ0v) is 14.3. The fraction of sp³-hybridized carbons (Fsp3) is 0.800. The van der Waals surface area contributed by atoms with Gasteiger partial charge < -0.3 is 10.2 Å². The number of nitrogens with one attached hydrogen (secondary N) is 1. The molecule has 0 aliphatic carbocycles. The molecule has 1 aromatic rings. The Bertz CT molecular complexity index is 480. The van der Waals surface area contributed by atoms with E-state index in [1.165, 1.54) is 17.8 Å². The minimum Gasteiger partial charge on any atom is -0.360 e. The number of likely N-dealkylation sites (tertiary alicyclic amines) is 1. The summed E-state index contributed by atoms with van der Waals surface area (Å²) >= 11 is 1.35. The van der Waals surface area contributed by atoms with Gasteiger partial charge in [-0.05, 0) is 37.5 Å². The van der Waals surface area contributed by atoms with Crippen molar-refractivity contribution in [3.63, 3.8) is 0 Å². The Morgan fingerprint density at radius 2 is 2.10 bits per heavy atom. The number of hydrogen-bond acceptors (Lipinski definition) is 5. The highest BCUT2D eigenvalue weighted by Gasteiger charge is 2.29. The first kappa shape index (κ1) is 16.2. The first-order chi connectivity index (χ1) is 9.91. The summed E-state index contributed by atoms with van der Waals surface area (Å²) in [7, 11) is 0. The van der Waals surface area contributed by atoms with Crippen molar-refractivity contribution in [3.8, 4) is 0 Å². The summed E-state index contributed by atoms with van der Waals surface area (Å²) in [5.74, 6) is 0.716. The van der Waals surface area contributed by atoms with Gasteiger partial charge in [-0.2, -0.15) is 0 Å². The van der Waals surface area contributed by atoms with Crippen LogP contribution in [0.15, 0.2) is 0 Å². The number of carbonyl (C=O) groups excluding carboxylic acids is 1. The van der Waals surface area contributed by atoms with Crippen LogP contribution in [0.4, 0.5) is 5.13 Å². The number of aromatic nitrogens is 2. The van der Waals surface area contributed by atoms with Crippen molar-refractivity contribution in [2.45, 2.75) is 47.0 Å². The molecule has 0 saturated carbocycles. The molecule has 2 rings (SSSR count). The van der Waals surface area contributed by atoms with Crippen LogP contribution in [0.5, 0.6) is 0 Å². The van der Waals surface area contributed by atoms with Crippen LogP contribution in [0.2, 0.25) is 0 Å². The van der Waals surface area contributed by atoms with Crippen molar-refractivity contribution in [1.29, 1.82) is 0 Å². The second-order valence-electron chi connectivity index (χ2n) is 6.73. The van der Waals surface area contributed by atoms with Gasteiger partial charge in [0.05, 0.1) is 0 Å². The third-order valence-electron chi connectivity index (χ3n) is 4.18. The van der Waals surface area contributed by atoms with Gasteiger partial charge in [-0.25, -0.2) is 0 Å². The molecule has 5 nitrogen and oxygen atoms in total. The Labute approximate surface area is 131 Å². The molecule has 0 bridgehead atoms. The summed E-state index contributed by atoms with van der Waals surface area (Å²) in [5, 5.41) is 12.4. The predicted octanol–water partition coefficient (Wildman–Crippen LogP) is 3.26. The summed E-state index contributed by atoms with van der Waals surface area (Å²) in [6, 6.07) is 0. The standard InChI is InChI=1S/C15H26N4OS/c1-5-16-14-18-17-12(21-14)13(20)19-9-6-7-11(8-10-19)15(2,3)4/h11H,5-10H2,1-4H3,(H,16,18). The fourth-order valence-electron chi connectivity index (χ4n) is 2.83. The maximum absolute atomic E-state index is 12.5. The molecule has 1 aliphatic heterocycles. The Balaban J connectivity index is 1.99. The zero-order valence-electron chi connectivity index (χ0n) is 13.5. The Morgan fingerprint density at radius 1 is 1.33 bits per heavy atom. The molecule has 1 aliphatic rings. The van der Waals surface area contributed by atoms with Crippen molar-refractivity contribution in [3.05, 3.63) is 5.01 Å². The average molecular weight is 310 g/mol. The van der Waals surface area contributed by atoms with E-state index in [1.807, 2.05) is 11.8 Å². The van der Waals surface area contributed by atoms with E-state index >= 15 is 0 Å². The normalized spacial score (nSPS) is 20.2. The highest BCUT2D eigenvalue weighted by Crippen LogP contribution is 2.34. The molecule has 1 unspecified atom stereocenters. The number of nitrogens with zero attached hydrogens (tertiary/aromatic N) is 3. The lowest BCUT2D eigenvalue weighted by atomic mass is 9.77. The molecular weight excluding hydrogens is 284 g/mol. The second kappa shape index (κ2) is 6.73. The molecule has 118 valence electrons. The summed E-state index contributed by atoms with van der Waals surface area (Å²) in [4.78, 5) is 14.5. The summed E-state index contributed by atoms with van der Waals surface area (Å²) in [6.07, 6.45) is 3.35. The summed E-state index contributed by atoms with van der Waals surface area (Å²) in [5.41, 5.74) is 0.319. The van der Waals surface area contributed by atoms with Crippen molar-refractivity contribution in [2.24, 2.45) is 11.3 Å². The quantitative estimate of drug-likeness (QED) is 0.931. The average Bonchev–Trinajstić information content (AvgIpc) is 2.72. The number of amides is 1. The minimum absolute atomic E-state index is 0.0335. The molecule has 21 heavy (non-hydrogen) atoms. The third-order valence-corrected chi connectivity index (χ3v) is 5.04. The predicted molar refractivity (Wildman–Crippen MR) is 86.8 cm³/mol. The van der Waals surface area contributed by atoms with Crippen molar-refractivity contribution in [1.82, 2.24) is 15.1 Å². The lowest BCUT2D eigenvalue weighted by Crippen LogP contribution is -2.32. The molecule has 1 amide bonds. The molecule has 2 heterocycles. The first-order valence-corrected chi connectivity index (χ1v) is 8.60. The van der Waals surface area contributed by atoms with E-state index in [4.69, 9.17) is 0 Å². The Hall–Kier alpha value is -1.17. The molecule has 0 spiro atoms. The van der Waals surface area contributed by atoms with Gasteiger partial charge >= 0.3 is 0 Å². The van der Waals surface area contributed by atoms with Crippen LogP contribution >= 0.6 is 11.3 Å². The van der Waals surface area contributed by atoms with E-state index in [9.17, 15) is 4.79 Å². The van der Waals surface area contributed by atoms with Crippen LogP contribution in [0.3, 0.4) is 0 Å². The topological polar surface area (TPSA) is 58.1 Å². The smallest absolute Gasteiger partial charge is 0.284 e. The summed E-state index contributed by atoms with van der Waals surface area (Å²) < 4.78 is 0. The van der Waals surface area contributed by atoms with E-state index in [0.29, 0.717) is 16.3 Å². The SMILES string of the molecule is CCNc1nnc(C(=O)N2CCCC(C(C)(C)C)CC2)s1. The van der Waals surface area contributed by atoms with Gasteiger partial charge in [-0.15, -0.1) is 10.2 Å². The molecule has 1 N–H and O–H groups in total. The first-order valence-electron chi connectivity index (χ1n) is 7.78. The molecule has 0 aromatic carbocycles. The van der Waals surface area contributed by atoms with Gasteiger partial charge in [0.15, 0.2) is 0 Å². The minimum atomic E-state index is 0.0335. The van der Waals surface area contributed by atoms with E-state index in [2.05, 4.69) is 36.3 Å². The highest BCUT2D eigenvalue weighted by molar-refractivity contribution is 7.17. The monoisotopic (exact) mass is 310 g/mol. The van der Waals surface area contributed by atoms with Crippen LogP contribution in [-0.4, -0.2) is 40.6 Å². The van der Waals surface area contributed by atoms with Crippen molar-refractivity contribution >= 4 is 22.4 Å². The lowest BCUT2D eigenvalue weighted by Gasteiger charge is -2.29.